The Morgan fingerprint density at radius 3 is 2.59 bits per heavy atom. The third kappa shape index (κ3) is 4.58. The molecule has 2 aliphatic heterocycles. The molecule has 2 aliphatic rings. The molecule has 1 fully saturated rings. The first-order chi connectivity index (χ1) is 12.3. The number of fused-ring (bicyclic) bond motifs is 3. The fourth-order valence-corrected chi connectivity index (χ4v) is 3.98. The molecule has 4 rings (SSSR count). The Kier molecular flexibility index (Phi) is 7.95. The maximum absolute atomic E-state index is 9.25. The van der Waals surface area contributed by atoms with Crippen molar-refractivity contribution in [3.63, 3.8) is 0 Å². The highest BCUT2D eigenvalue weighted by molar-refractivity contribution is 6.31. The number of benzene rings is 2. The van der Waals surface area contributed by atoms with Gasteiger partial charge < -0.3 is 10.0 Å². The van der Waals surface area contributed by atoms with Gasteiger partial charge in [0.2, 0.25) is 0 Å². The zero-order valence-electron chi connectivity index (χ0n) is 14.9. The van der Waals surface area contributed by atoms with Gasteiger partial charge in [-0.05, 0) is 18.2 Å². The second-order valence-corrected chi connectivity index (χ2v) is 7.02. The molecule has 0 aliphatic carbocycles. The standard InChI is InChI=1S/C20H22ClN3O.2ClH/c21-16-6-7-19-18(12-16)20(15-4-2-1-3-5-15)22-13-17-14-23(10-11-25)8-9-24(17)19;;/h1-7,12,17,25H,8-11,13-14H2;2*1H. The third-order valence-electron chi connectivity index (χ3n) is 5.01. The van der Waals surface area contributed by atoms with Gasteiger partial charge in [-0.15, -0.1) is 24.8 Å². The lowest BCUT2D eigenvalue weighted by molar-refractivity contribution is 0.172. The Labute approximate surface area is 177 Å². The normalized spacial score (nSPS) is 19.0. The summed E-state index contributed by atoms with van der Waals surface area (Å²) in [7, 11) is 0. The first kappa shape index (κ1) is 22.0. The minimum Gasteiger partial charge on any atom is -0.395 e. The van der Waals surface area contributed by atoms with Gasteiger partial charge in [0.1, 0.15) is 0 Å². The Hall–Kier alpha value is -1.30. The van der Waals surface area contributed by atoms with E-state index < -0.39 is 0 Å². The molecule has 1 N–H and O–H groups in total. The number of halogens is 3. The van der Waals surface area contributed by atoms with Crippen molar-refractivity contribution in [2.24, 2.45) is 4.99 Å². The van der Waals surface area contributed by atoms with Crippen molar-refractivity contribution in [3.05, 3.63) is 64.7 Å². The van der Waals surface area contributed by atoms with Crippen LogP contribution in [0.4, 0.5) is 5.69 Å². The molecule has 1 saturated heterocycles. The number of β-amino-alcohol motifs (C(OH)–C–C–N with tert-alkyl or cyclic N) is 1. The van der Waals surface area contributed by atoms with Crippen LogP contribution in [-0.4, -0.2) is 61.1 Å². The lowest BCUT2D eigenvalue weighted by Crippen LogP contribution is -2.55. The molecule has 0 spiro atoms. The molecule has 0 saturated carbocycles. The van der Waals surface area contributed by atoms with E-state index in [9.17, 15) is 5.11 Å². The van der Waals surface area contributed by atoms with Crippen molar-refractivity contribution in [1.82, 2.24) is 4.90 Å². The maximum atomic E-state index is 9.25. The van der Waals surface area contributed by atoms with E-state index in [4.69, 9.17) is 16.6 Å². The number of aliphatic hydroxyl groups is 1. The van der Waals surface area contributed by atoms with Crippen LogP contribution in [0, 0.1) is 0 Å². The van der Waals surface area contributed by atoms with E-state index >= 15 is 0 Å². The quantitative estimate of drug-likeness (QED) is 0.813. The molecule has 0 bridgehead atoms. The van der Waals surface area contributed by atoms with Crippen molar-refractivity contribution in [3.8, 4) is 0 Å². The van der Waals surface area contributed by atoms with E-state index in [1.807, 2.05) is 30.3 Å². The van der Waals surface area contributed by atoms with Crippen LogP contribution in [0.1, 0.15) is 11.1 Å². The number of hydrogen-bond acceptors (Lipinski definition) is 4. The number of anilines is 1. The summed E-state index contributed by atoms with van der Waals surface area (Å²) in [5, 5.41) is 9.99. The minimum atomic E-state index is 0. The molecule has 0 amide bonds. The first-order valence-corrected chi connectivity index (χ1v) is 9.13. The highest BCUT2D eigenvalue weighted by atomic mass is 35.5. The number of aliphatic hydroxyl groups excluding tert-OH is 1. The molecule has 2 heterocycles. The van der Waals surface area contributed by atoms with Gasteiger partial charge in [-0.25, -0.2) is 0 Å². The lowest BCUT2D eigenvalue weighted by atomic mass is 10.00. The van der Waals surface area contributed by atoms with Gasteiger partial charge in [0, 0.05) is 48.0 Å². The van der Waals surface area contributed by atoms with Gasteiger partial charge >= 0.3 is 0 Å². The summed E-state index contributed by atoms with van der Waals surface area (Å²) in [6, 6.07) is 16.8. The zero-order chi connectivity index (χ0) is 17.2. The summed E-state index contributed by atoms with van der Waals surface area (Å²) in [5.74, 6) is 0. The van der Waals surface area contributed by atoms with Crippen LogP contribution in [-0.2, 0) is 0 Å². The number of rotatable bonds is 3. The highest BCUT2D eigenvalue weighted by Gasteiger charge is 2.31. The van der Waals surface area contributed by atoms with Crippen molar-refractivity contribution < 1.29 is 5.11 Å². The molecule has 27 heavy (non-hydrogen) atoms. The molecule has 1 atom stereocenters. The Morgan fingerprint density at radius 1 is 1.07 bits per heavy atom. The average Bonchev–Trinajstić information content (AvgIpc) is 2.79. The van der Waals surface area contributed by atoms with E-state index in [0.717, 1.165) is 54.6 Å². The van der Waals surface area contributed by atoms with E-state index in [0.29, 0.717) is 6.04 Å². The average molecular weight is 429 g/mol. The molecule has 146 valence electrons. The Morgan fingerprint density at radius 2 is 1.85 bits per heavy atom. The van der Waals surface area contributed by atoms with E-state index in [1.54, 1.807) is 0 Å². The van der Waals surface area contributed by atoms with Crippen molar-refractivity contribution in [1.29, 1.82) is 0 Å². The van der Waals surface area contributed by atoms with E-state index in [2.05, 4.69) is 28.0 Å². The number of hydrogen-bond donors (Lipinski definition) is 1. The number of piperazine rings is 1. The summed E-state index contributed by atoms with van der Waals surface area (Å²) in [5.41, 5.74) is 4.45. The maximum Gasteiger partial charge on any atom is 0.0741 e. The largest absolute Gasteiger partial charge is 0.395 e. The molecule has 2 aromatic rings. The fourth-order valence-electron chi connectivity index (χ4n) is 3.81. The van der Waals surface area contributed by atoms with E-state index in [-0.39, 0.29) is 31.4 Å². The first-order valence-electron chi connectivity index (χ1n) is 8.76. The summed E-state index contributed by atoms with van der Waals surface area (Å²) in [6.07, 6.45) is 0. The Balaban J connectivity index is 0.00000131. The van der Waals surface area contributed by atoms with Crippen molar-refractivity contribution in [2.75, 3.05) is 44.2 Å². The SMILES string of the molecule is Cl.Cl.OCCN1CCN2c3ccc(Cl)cc3C(c3ccccc3)=NCC2C1. The highest BCUT2D eigenvalue weighted by Crippen LogP contribution is 2.32. The number of aliphatic imine (C=N–C) groups is 1. The van der Waals surface area contributed by atoms with Gasteiger partial charge in [-0.2, -0.15) is 0 Å². The van der Waals surface area contributed by atoms with Crippen LogP contribution in [0.2, 0.25) is 5.02 Å². The molecule has 0 aromatic heterocycles. The lowest BCUT2D eigenvalue weighted by Gasteiger charge is -2.42. The van der Waals surface area contributed by atoms with Crippen molar-refractivity contribution in [2.45, 2.75) is 6.04 Å². The minimum absolute atomic E-state index is 0. The molecule has 2 aromatic carbocycles. The summed E-state index contributed by atoms with van der Waals surface area (Å²) >= 11 is 6.31. The van der Waals surface area contributed by atoms with Gasteiger partial charge in [-0.1, -0.05) is 41.9 Å². The van der Waals surface area contributed by atoms with Gasteiger partial charge in [0.25, 0.3) is 0 Å². The van der Waals surface area contributed by atoms with Gasteiger partial charge in [0.05, 0.1) is 24.9 Å². The van der Waals surface area contributed by atoms with Crippen LogP contribution < -0.4 is 4.90 Å². The second-order valence-electron chi connectivity index (χ2n) is 6.59. The summed E-state index contributed by atoms with van der Waals surface area (Å²) in [6.45, 7) is 4.51. The van der Waals surface area contributed by atoms with Crippen LogP contribution in [0.3, 0.4) is 0 Å². The predicted molar refractivity (Wildman–Crippen MR) is 118 cm³/mol. The molecule has 7 heteroatoms. The fraction of sp³-hybridized carbons (Fsp3) is 0.350. The smallest absolute Gasteiger partial charge is 0.0741 e. The molecular formula is C20H24Cl3N3O. The van der Waals surface area contributed by atoms with Crippen LogP contribution in [0.25, 0.3) is 0 Å². The third-order valence-corrected chi connectivity index (χ3v) is 5.25. The zero-order valence-corrected chi connectivity index (χ0v) is 17.3. The van der Waals surface area contributed by atoms with Crippen LogP contribution in [0.5, 0.6) is 0 Å². The van der Waals surface area contributed by atoms with Gasteiger partial charge in [-0.3, -0.25) is 9.89 Å². The Bertz CT molecular complexity index is 785. The molecule has 0 radical (unpaired) electrons. The molecular weight excluding hydrogens is 405 g/mol. The summed E-state index contributed by atoms with van der Waals surface area (Å²) < 4.78 is 0. The topological polar surface area (TPSA) is 39.1 Å². The van der Waals surface area contributed by atoms with Crippen molar-refractivity contribution >= 4 is 47.8 Å². The summed E-state index contributed by atoms with van der Waals surface area (Å²) in [4.78, 5) is 9.76. The molecule has 4 nitrogen and oxygen atoms in total. The number of nitrogens with zero attached hydrogens (tertiary/aromatic N) is 3. The van der Waals surface area contributed by atoms with Gasteiger partial charge in [0.15, 0.2) is 0 Å². The van der Waals surface area contributed by atoms with Crippen LogP contribution in [0.15, 0.2) is 53.5 Å². The monoisotopic (exact) mass is 427 g/mol. The second kappa shape index (κ2) is 9.76. The van der Waals surface area contributed by atoms with Crippen LogP contribution >= 0.6 is 36.4 Å². The molecule has 1 unspecified atom stereocenters. The predicted octanol–water partition coefficient (Wildman–Crippen LogP) is 3.52. The van der Waals surface area contributed by atoms with E-state index in [1.165, 1.54) is 5.69 Å².